The van der Waals surface area contributed by atoms with Crippen molar-refractivity contribution in [3.8, 4) is 11.5 Å². The van der Waals surface area contributed by atoms with E-state index >= 15 is 0 Å². The van der Waals surface area contributed by atoms with Gasteiger partial charge < -0.3 is 20.1 Å². The minimum atomic E-state index is -0.164. The molecule has 3 rings (SSSR count). The zero-order valence-electron chi connectivity index (χ0n) is 14.2. The Bertz CT molecular complexity index is 817. The van der Waals surface area contributed by atoms with Gasteiger partial charge in [0.15, 0.2) is 11.5 Å². The maximum atomic E-state index is 12.3. The summed E-state index contributed by atoms with van der Waals surface area (Å²) in [7, 11) is 3.12. The molecule has 2 aromatic rings. The summed E-state index contributed by atoms with van der Waals surface area (Å²) in [5.74, 6) is 0.936. The Labute approximate surface area is 146 Å². The van der Waals surface area contributed by atoms with E-state index in [-0.39, 0.29) is 18.2 Å². The van der Waals surface area contributed by atoms with Crippen LogP contribution in [0.4, 0.5) is 5.69 Å². The topological polar surface area (TPSA) is 76.7 Å². The maximum absolute atomic E-state index is 12.3. The predicted molar refractivity (Wildman–Crippen MR) is 94.4 cm³/mol. The summed E-state index contributed by atoms with van der Waals surface area (Å²) in [5.41, 5.74) is 3.05. The lowest BCUT2D eigenvalue weighted by Gasteiger charge is -2.17. The summed E-state index contributed by atoms with van der Waals surface area (Å²) in [5, 5.41) is 5.64. The molecule has 0 spiro atoms. The van der Waals surface area contributed by atoms with Crippen LogP contribution in [0.3, 0.4) is 0 Å². The molecule has 0 bridgehead atoms. The summed E-state index contributed by atoms with van der Waals surface area (Å²) >= 11 is 0. The standard InChI is InChI=1S/C19H20N2O4/c1-24-16-6-3-12(9-17(16)25-2)10-18(22)21-14-5-4-13-7-8-20-19(23)15(13)11-14/h3-6,9,11H,7-8,10H2,1-2H3,(H,20,23)(H,21,22). The van der Waals surface area contributed by atoms with Gasteiger partial charge in [0.05, 0.1) is 20.6 Å². The second-order valence-electron chi connectivity index (χ2n) is 5.79. The highest BCUT2D eigenvalue weighted by Gasteiger charge is 2.17. The average molecular weight is 340 g/mol. The fourth-order valence-electron chi connectivity index (χ4n) is 2.87. The predicted octanol–water partition coefficient (Wildman–Crippen LogP) is 2.17. The number of carbonyl (C=O) groups excluding carboxylic acids is 2. The first-order valence-electron chi connectivity index (χ1n) is 8.02. The lowest BCUT2D eigenvalue weighted by atomic mass is 10.00. The summed E-state index contributed by atoms with van der Waals surface area (Å²) in [4.78, 5) is 24.2. The number of benzene rings is 2. The van der Waals surface area contributed by atoms with E-state index in [2.05, 4.69) is 10.6 Å². The molecule has 130 valence electrons. The molecule has 0 saturated carbocycles. The van der Waals surface area contributed by atoms with Crippen LogP contribution in [-0.4, -0.2) is 32.6 Å². The van der Waals surface area contributed by atoms with Gasteiger partial charge in [0.25, 0.3) is 5.91 Å². The Morgan fingerprint density at radius 3 is 2.68 bits per heavy atom. The number of rotatable bonds is 5. The van der Waals surface area contributed by atoms with Crippen LogP contribution in [0, 0.1) is 0 Å². The van der Waals surface area contributed by atoms with E-state index < -0.39 is 0 Å². The molecule has 0 fully saturated rings. The van der Waals surface area contributed by atoms with Gasteiger partial charge >= 0.3 is 0 Å². The van der Waals surface area contributed by atoms with E-state index in [4.69, 9.17) is 9.47 Å². The van der Waals surface area contributed by atoms with E-state index in [1.54, 1.807) is 32.4 Å². The maximum Gasteiger partial charge on any atom is 0.251 e. The molecule has 0 aromatic heterocycles. The minimum Gasteiger partial charge on any atom is -0.493 e. The summed E-state index contributed by atoms with van der Waals surface area (Å²) in [6.07, 6.45) is 1.00. The highest BCUT2D eigenvalue weighted by Crippen LogP contribution is 2.28. The number of nitrogens with one attached hydrogen (secondary N) is 2. The number of hydrogen-bond donors (Lipinski definition) is 2. The zero-order chi connectivity index (χ0) is 17.8. The molecule has 0 radical (unpaired) electrons. The molecule has 1 aliphatic rings. The third-order valence-corrected chi connectivity index (χ3v) is 4.13. The Hall–Kier alpha value is -3.02. The lowest BCUT2D eigenvalue weighted by Crippen LogP contribution is -2.31. The van der Waals surface area contributed by atoms with Crippen molar-refractivity contribution in [2.45, 2.75) is 12.8 Å². The molecular weight excluding hydrogens is 320 g/mol. The second kappa shape index (κ2) is 7.25. The van der Waals surface area contributed by atoms with Gasteiger partial charge in [0.2, 0.25) is 5.91 Å². The van der Waals surface area contributed by atoms with Crippen molar-refractivity contribution < 1.29 is 19.1 Å². The zero-order valence-corrected chi connectivity index (χ0v) is 14.2. The van der Waals surface area contributed by atoms with Gasteiger partial charge in [-0.25, -0.2) is 0 Å². The number of anilines is 1. The molecule has 0 atom stereocenters. The molecule has 2 aromatic carbocycles. The van der Waals surface area contributed by atoms with E-state index in [0.717, 1.165) is 17.5 Å². The third kappa shape index (κ3) is 3.74. The van der Waals surface area contributed by atoms with Crippen LogP contribution < -0.4 is 20.1 Å². The molecule has 6 heteroatoms. The quantitative estimate of drug-likeness (QED) is 0.875. The second-order valence-corrected chi connectivity index (χ2v) is 5.79. The molecule has 1 aliphatic heterocycles. The monoisotopic (exact) mass is 340 g/mol. The number of hydrogen-bond acceptors (Lipinski definition) is 4. The van der Waals surface area contributed by atoms with Crippen molar-refractivity contribution >= 4 is 17.5 Å². The van der Waals surface area contributed by atoms with Crippen LogP contribution in [-0.2, 0) is 17.6 Å². The largest absolute Gasteiger partial charge is 0.493 e. The number of ether oxygens (including phenoxy) is 2. The van der Waals surface area contributed by atoms with Crippen molar-refractivity contribution in [2.24, 2.45) is 0 Å². The SMILES string of the molecule is COc1ccc(CC(=O)Nc2ccc3c(c2)C(=O)NCC3)cc1OC. The van der Waals surface area contributed by atoms with Crippen molar-refractivity contribution in [2.75, 3.05) is 26.1 Å². The first kappa shape index (κ1) is 16.8. The van der Waals surface area contributed by atoms with Crippen molar-refractivity contribution in [1.82, 2.24) is 5.32 Å². The van der Waals surface area contributed by atoms with Crippen LogP contribution in [0.2, 0.25) is 0 Å². The number of carbonyl (C=O) groups is 2. The van der Waals surface area contributed by atoms with Crippen molar-refractivity contribution in [3.05, 3.63) is 53.1 Å². The van der Waals surface area contributed by atoms with Gasteiger partial charge in [-0.2, -0.15) is 0 Å². The number of amides is 2. The van der Waals surface area contributed by atoms with Gasteiger partial charge in [-0.05, 0) is 41.8 Å². The van der Waals surface area contributed by atoms with Crippen LogP contribution in [0.1, 0.15) is 21.5 Å². The molecule has 1 heterocycles. The van der Waals surface area contributed by atoms with Crippen LogP contribution in [0.15, 0.2) is 36.4 Å². The van der Waals surface area contributed by atoms with E-state index in [9.17, 15) is 9.59 Å². The van der Waals surface area contributed by atoms with E-state index in [0.29, 0.717) is 29.3 Å². The Balaban J connectivity index is 1.71. The third-order valence-electron chi connectivity index (χ3n) is 4.13. The highest BCUT2D eigenvalue weighted by molar-refractivity contribution is 5.99. The molecular formula is C19H20N2O4. The molecule has 0 unspecified atom stereocenters. The van der Waals surface area contributed by atoms with Crippen LogP contribution in [0.25, 0.3) is 0 Å². The number of methoxy groups -OCH3 is 2. The van der Waals surface area contributed by atoms with Gasteiger partial charge in [-0.3, -0.25) is 9.59 Å². The first-order valence-corrected chi connectivity index (χ1v) is 8.02. The molecule has 6 nitrogen and oxygen atoms in total. The van der Waals surface area contributed by atoms with Crippen molar-refractivity contribution in [3.63, 3.8) is 0 Å². The fourth-order valence-corrected chi connectivity index (χ4v) is 2.87. The van der Waals surface area contributed by atoms with Crippen LogP contribution >= 0.6 is 0 Å². The van der Waals surface area contributed by atoms with E-state index in [1.165, 1.54) is 0 Å². The minimum absolute atomic E-state index is 0.0998. The molecule has 0 saturated heterocycles. The molecule has 0 aliphatic carbocycles. The summed E-state index contributed by atoms with van der Waals surface area (Å²) in [6.45, 7) is 0.650. The van der Waals surface area contributed by atoms with Gasteiger partial charge in [0, 0.05) is 17.8 Å². The smallest absolute Gasteiger partial charge is 0.251 e. The van der Waals surface area contributed by atoms with Gasteiger partial charge in [0.1, 0.15) is 0 Å². The van der Waals surface area contributed by atoms with Gasteiger partial charge in [-0.1, -0.05) is 12.1 Å². The normalized spacial score (nSPS) is 12.8. The summed E-state index contributed by atoms with van der Waals surface area (Å²) < 4.78 is 10.4. The lowest BCUT2D eigenvalue weighted by molar-refractivity contribution is -0.115. The van der Waals surface area contributed by atoms with E-state index in [1.807, 2.05) is 18.2 Å². The Morgan fingerprint density at radius 2 is 1.92 bits per heavy atom. The highest BCUT2D eigenvalue weighted by atomic mass is 16.5. The molecule has 25 heavy (non-hydrogen) atoms. The Kier molecular flexibility index (Phi) is 4.88. The average Bonchev–Trinajstić information content (AvgIpc) is 2.62. The summed E-state index contributed by atoms with van der Waals surface area (Å²) in [6, 6.07) is 10.8. The van der Waals surface area contributed by atoms with Crippen LogP contribution in [0.5, 0.6) is 11.5 Å². The Morgan fingerprint density at radius 1 is 1.12 bits per heavy atom. The van der Waals surface area contributed by atoms with Gasteiger partial charge in [-0.15, -0.1) is 0 Å². The first-order chi connectivity index (χ1) is 12.1. The molecule has 2 N–H and O–H groups in total. The molecule has 2 amide bonds. The fraction of sp³-hybridized carbons (Fsp3) is 0.263. The van der Waals surface area contributed by atoms with Crippen molar-refractivity contribution in [1.29, 1.82) is 0 Å². The number of fused-ring (bicyclic) bond motifs is 1.